The zero-order valence-corrected chi connectivity index (χ0v) is 15.9. The minimum absolute atomic E-state index is 0.0540. The largest absolute Gasteiger partial charge is 0.423 e. The quantitative estimate of drug-likeness (QED) is 0.603. The fourth-order valence-corrected chi connectivity index (χ4v) is 3.47. The lowest BCUT2D eigenvalue weighted by Crippen LogP contribution is -2.22. The van der Waals surface area contributed by atoms with Gasteiger partial charge in [0.1, 0.15) is 5.75 Å². The van der Waals surface area contributed by atoms with Crippen LogP contribution in [0.2, 0.25) is 0 Å². The summed E-state index contributed by atoms with van der Waals surface area (Å²) in [5.41, 5.74) is 2.43. The van der Waals surface area contributed by atoms with E-state index in [1.165, 1.54) is 43.9 Å². The van der Waals surface area contributed by atoms with Crippen LogP contribution in [0.4, 0.5) is 0 Å². The number of esters is 1. The van der Waals surface area contributed by atoms with Crippen LogP contribution in [0.1, 0.15) is 41.3 Å². The lowest BCUT2D eigenvalue weighted by Gasteiger charge is -2.13. The molecule has 2 aromatic rings. The molecule has 0 spiro atoms. The van der Waals surface area contributed by atoms with Gasteiger partial charge in [0.25, 0.3) is 0 Å². The third kappa shape index (κ3) is 4.27. The van der Waals surface area contributed by atoms with Crippen molar-refractivity contribution in [2.45, 2.75) is 31.6 Å². The Hall–Kier alpha value is -2.18. The fraction of sp³-hybridized carbons (Fsp3) is 0.316. The van der Waals surface area contributed by atoms with Crippen molar-refractivity contribution in [1.82, 2.24) is 4.31 Å². The standard InChI is InChI=1S/C19H23NO4S/c1-13(2)18-10-9-16(11-14(18)3)24-19(21)15-7-6-8-17(12-15)25(22,23)20(4)5/h6-13H,1-5H3. The van der Waals surface area contributed by atoms with E-state index in [1.54, 1.807) is 6.07 Å². The molecule has 0 aliphatic rings. The van der Waals surface area contributed by atoms with Crippen molar-refractivity contribution in [3.05, 3.63) is 59.2 Å². The highest BCUT2D eigenvalue weighted by Crippen LogP contribution is 2.24. The molecule has 0 atom stereocenters. The van der Waals surface area contributed by atoms with Crippen LogP contribution >= 0.6 is 0 Å². The van der Waals surface area contributed by atoms with Crippen LogP contribution in [0.5, 0.6) is 5.75 Å². The van der Waals surface area contributed by atoms with E-state index in [2.05, 4.69) is 13.8 Å². The van der Waals surface area contributed by atoms with Gasteiger partial charge in [-0.15, -0.1) is 0 Å². The van der Waals surface area contributed by atoms with E-state index in [9.17, 15) is 13.2 Å². The lowest BCUT2D eigenvalue weighted by atomic mass is 9.98. The van der Waals surface area contributed by atoms with Crippen LogP contribution in [0.25, 0.3) is 0 Å². The molecule has 0 bridgehead atoms. The Kier molecular flexibility index (Phi) is 5.65. The van der Waals surface area contributed by atoms with Crippen LogP contribution in [0, 0.1) is 6.92 Å². The maximum atomic E-state index is 12.4. The molecule has 0 unspecified atom stereocenters. The molecular weight excluding hydrogens is 338 g/mol. The number of ether oxygens (including phenoxy) is 1. The maximum absolute atomic E-state index is 12.4. The predicted octanol–water partition coefficient (Wildman–Crippen LogP) is 3.59. The van der Waals surface area contributed by atoms with Gasteiger partial charge in [0.05, 0.1) is 10.5 Å². The van der Waals surface area contributed by atoms with Gasteiger partial charge in [-0.2, -0.15) is 0 Å². The van der Waals surface area contributed by atoms with E-state index in [1.807, 2.05) is 19.1 Å². The second kappa shape index (κ2) is 7.37. The molecule has 0 amide bonds. The van der Waals surface area contributed by atoms with Crippen LogP contribution in [0.3, 0.4) is 0 Å². The smallest absolute Gasteiger partial charge is 0.343 e. The van der Waals surface area contributed by atoms with E-state index in [4.69, 9.17) is 4.74 Å². The van der Waals surface area contributed by atoms with Gasteiger partial charge in [0.2, 0.25) is 10.0 Å². The van der Waals surface area contributed by atoms with E-state index in [-0.39, 0.29) is 10.5 Å². The third-order valence-corrected chi connectivity index (χ3v) is 5.73. The number of aryl methyl sites for hydroxylation is 1. The summed E-state index contributed by atoms with van der Waals surface area (Å²) in [5.74, 6) is 0.234. The first-order valence-corrected chi connectivity index (χ1v) is 9.42. The molecule has 0 N–H and O–H groups in total. The molecular formula is C19H23NO4S. The first-order chi connectivity index (χ1) is 11.6. The second-order valence-electron chi connectivity index (χ2n) is 6.38. The number of nitrogens with zero attached hydrogens (tertiary/aromatic N) is 1. The monoisotopic (exact) mass is 361 g/mol. The first kappa shape index (κ1) is 19.1. The minimum atomic E-state index is -3.60. The summed E-state index contributed by atoms with van der Waals surface area (Å²) in [6.45, 7) is 6.17. The van der Waals surface area contributed by atoms with Crippen molar-refractivity contribution in [1.29, 1.82) is 0 Å². The van der Waals surface area contributed by atoms with Crippen LogP contribution in [-0.2, 0) is 10.0 Å². The van der Waals surface area contributed by atoms with Crippen molar-refractivity contribution in [2.24, 2.45) is 0 Å². The molecule has 134 valence electrons. The van der Waals surface area contributed by atoms with Crippen molar-refractivity contribution in [3.8, 4) is 5.75 Å². The number of carbonyl (C=O) groups excluding carboxylic acids is 1. The summed E-state index contributed by atoms with van der Waals surface area (Å²) in [6, 6.07) is 11.3. The highest BCUT2D eigenvalue weighted by atomic mass is 32.2. The summed E-state index contributed by atoms with van der Waals surface area (Å²) in [6.07, 6.45) is 0. The van der Waals surface area contributed by atoms with Gasteiger partial charge in [0.15, 0.2) is 0 Å². The van der Waals surface area contributed by atoms with Gasteiger partial charge in [-0.05, 0) is 54.3 Å². The molecule has 0 heterocycles. The number of sulfonamides is 1. The molecule has 2 rings (SSSR count). The number of rotatable bonds is 5. The Labute approximate surface area is 149 Å². The topological polar surface area (TPSA) is 63.7 Å². The molecule has 0 radical (unpaired) electrons. The Morgan fingerprint density at radius 1 is 1.08 bits per heavy atom. The SMILES string of the molecule is Cc1cc(OC(=O)c2cccc(S(=O)(=O)N(C)C)c2)ccc1C(C)C. The normalized spacial score (nSPS) is 11.8. The summed E-state index contributed by atoms with van der Waals surface area (Å²) in [7, 11) is -0.714. The minimum Gasteiger partial charge on any atom is -0.423 e. The molecule has 2 aromatic carbocycles. The molecule has 0 aliphatic carbocycles. The highest BCUT2D eigenvalue weighted by molar-refractivity contribution is 7.89. The number of hydrogen-bond acceptors (Lipinski definition) is 4. The van der Waals surface area contributed by atoms with E-state index < -0.39 is 16.0 Å². The summed E-state index contributed by atoms with van der Waals surface area (Å²) < 4.78 is 30.9. The number of hydrogen-bond donors (Lipinski definition) is 0. The Bertz CT molecular complexity index is 886. The molecule has 0 fully saturated rings. The molecule has 0 aromatic heterocycles. The summed E-state index contributed by atoms with van der Waals surface area (Å²) >= 11 is 0. The molecule has 6 heteroatoms. The van der Waals surface area contributed by atoms with Crippen LogP contribution in [-0.4, -0.2) is 32.8 Å². The number of benzene rings is 2. The lowest BCUT2D eigenvalue weighted by molar-refractivity contribution is 0.0734. The van der Waals surface area contributed by atoms with E-state index in [0.717, 1.165) is 9.87 Å². The Morgan fingerprint density at radius 2 is 1.76 bits per heavy atom. The van der Waals surface area contributed by atoms with Crippen molar-refractivity contribution < 1.29 is 17.9 Å². The molecule has 0 saturated carbocycles. The van der Waals surface area contributed by atoms with Gasteiger partial charge < -0.3 is 4.74 Å². The van der Waals surface area contributed by atoms with E-state index >= 15 is 0 Å². The zero-order chi connectivity index (χ0) is 18.8. The van der Waals surface area contributed by atoms with Gasteiger partial charge in [-0.3, -0.25) is 0 Å². The van der Waals surface area contributed by atoms with Gasteiger partial charge in [-0.25, -0.2) is 17.5 Å². The van der Waals surface area contributed by atoms with Crippen molar-refractivity contribution >= 4 is 16.0 Å². The summed E-state index contributed by atoms with van der Waals surface area (Å²) in [5, 5.41) is 0. The zero-order valence-electron chi connectivity index (χ0n) is 15.1. The summed E-state index contributed by atoms with van der Waals surface area (Å²) in [4.78, 5) is 12.4. The second-order valence-corrected chi connectivity index (χ2v) is 8.53. The van der Waals surface area contributed by atoms with Crippen LogP contribution in [0.15, 0.2) is 47.4 Å². The van der Waals surface area contributed by atoms with Crippen molar-refractivity contribution in [2.75, 3.05) is 14.1 Å². The molecule has 25 heavy (non-hydrogen) atoms. The molecule has 5 nitrogen and oxygen atoms in total. The number of carbonyl (C=O) groups is 1. The Balaban J connectivity index is 2.26. The van der Waals surface area contributed by atoms with Crippen molar-refractivity contribution in [3.63, 3.8) is 0 Å². The van der Waals surface area contributed by atoms with Gasteiger partial charge in [-0.1, -0.05) is 26.0 Å². The Morgan fingerprint density at radius 3 is 2.32 bits per heavy atom. The average Bonchev–Trinajstić information content (AvgIpc) is 2.54. The molecule has 0 saturated heterocycles. The average molecular weight is 361 g/mol. The van der Waals surface area contributed by atoms with Gasteiger partial charge in [0, 0.05) is 14.1 Å². The third-order valence-electron chi connectivity index (χ3n) is 3.92. The predicted molar refractivity (Wildman–Crippen MR) is 97.5 cm³/mol. The van der Waals surface area contributed by atoms with Gasteiger partial charge >= 0.3 is 5.97 Å². The van der Waals surface area contributed by atoms with E-state index in [0.29, 0.717) is 11.7 Å². The fourth-order valence-electron chi connectivity index (χ4n) is 2.52. The van der Waals surface area contributed by atoms with Crippen LogP contribution < -0.4 is 4.74 Å². The first-order valence-electron chi connectivity index (χ1n) is 7.98. The maximum Gasteiger partial charge on any atom is 0.343 e. The molecule has 0 aliphatic heterocycles. The highest BCUT2D eigenvalue weighted by Gasteiger charge is 2.19.